The van der Waals surface area contributed by atoms with E-state index in [-0.39, 0.29) is 6.54 Å². The lowest BCUT2D eigenvalue weighted by atomic mass is 10.2. The molecular weight excluding hydrogens is 236 g/mol. The average molecular weight is 248 g/mol. The fourth-order valence-electron chi connectivity index (χ4n) is 1.99. The highest BCUT2D eigenvalue weighted by Gasteiger charge is 2.14. The summed E-state index contributed by atoms with van der Waals surface area (Å²) in [4.78, 5) is 14.9. The van der Waals surface area contributed by atoms with Gasteiger partial charge in [-0.15, -0.1) is 0 Å². The Kier molecular flexibility index (Phi) is 2.55. The molecule has 0 fully saturated rings. The van der Waals surface area contributed by atoms with Gasteiger partial charge in [-0.2, -0.15) is 0 Å². The van der Waals surface area contributed by atoms with E-state index in [0.717, 1.165) is 11.9 Å². The van der Waals surface area contributed by atoms with Crippen molar-refractivity contribution < 1.29 is 19.4 Å². The number of hydrogen-bond donors (Lipinski definition) is 1. The molecule has 94 valence electrons. The third kappa shape index (κ3) is 1.85. The Bertz CT molecular complexity index is 605. The van der Waals surface area contributed by atoms with Gasteiger partial charge in [0.1, 0.15) is 6.54 Å². The van der Waals surface area contributed by atoms with E-state index >= 15 is 0 Å². The first-order valence-corrected chi connectivity index (χ1v) is 5.70. The lowest BCUT2D eigenvalue weighted by Crippen LogP contribution is -2.07. The first-order chi connectivity index (χ1) is 8.74. The average Bonchev–Trinajstić information content (AvgIpc) is 2.58. The van der Waals surface area contributed by atoms with E-state index in [2.05, 4.69) is 4.98 Å². The molecule has 6 heteroatoms. The molecule has 1 aliphatic heterocycles. The van der Waals surface area contributed by atoms with Crippen molar-refractivity contribution in [3.05, 3.63) is 18.5 Å². The number of imidazole rings is 1. The van der Waals surface area contributed by atoms with Gasteiger partial charge < -0.3 is 19.1 Å². The first-order valence-electron chi connectivity index (χ1n) is 5.70. The highest BCUT2D eigenvalue weighted by Crippen LogP contribution is 2.33. The summed E-state index contributed by atoms with van der Waals surface area (Å²) < 4.78 is 12.7. The van der Waals surface area contributed by atoms with Crippen molar-refractivity contribution in [3.8, 4) is 11.5 Å². The maximum absolute atomic E-state index is 10.7. The number of carbonyl (C=O) groups is 1. The third-order valence-corrected chi connectivity index (χ3v) is 2.80. The Morgan fingerprint density at radius 2 is 2.06 bits per heavy atom. The predicted molar refractivity (Wildman–Crippen MR) is 63.0 cm³/mol. The molecule has 0 atom stereocenters. The van der Waals surface area contributed by atoms with Crippen molar-refractivity contribution in [1.29, 1.82) is 0 Å². The predicted octanol–water partition coefficient (Wildman–Crippen LogP) is 1.28. The number of nitrogens with zero attached hydrogens (tertiary/aromatic N) is 2. The second-order valence-electron chi connectivity index (χ2n) is 4.10. The van der Waals surface area contributed by atoms with Crippen LogP contribution in [0.5, 0.6) is 11.5 Å². The molecule has 0 unspecified atom stereocenters. The minimum atomic E-state index is -0.901. The Hall–Kier alpha value is -2.24. The Labute approximate surface area is 103 Å². The van der Waals surface area contributed by atoms with Crippen molar-refractivity contribution in [2.45, 2.75) is 13.0 Å². The summed E-state index contributed by atoms with van der Waals surface area (Å²) in [6.07, 6.45) is 2.35. The van der Waals surface area contributed by atoms with Crippen LogP contribution in [0.1, 0.15) is 6.42 Å². The summed E-state index contributed by atoms with van der Waals surface area (Å²) in [7, 11) is 0. The number of carboxylic acid groups (broad SMARTS) is 1. The zero-order valence-corrected chi connectivity index (χ0v) is 9.63. The second kappa shape index (κ2) is 4.21. The normalized spacial score (nSPS) is 14.4. The number of carboxylic acids is 1. The number of hydrogen-bond acceptors (Lipinski definition) is 4. The molecular formula is C12H12N2O4. The summed E-state index contributed by atoms with van der Waals surface area (Å²) in [6, 6.07) is 3.57. The van der Waals surface area contributed by atoms with Crippen molar-refractivity contribution >= 4 is 17.0 Å². The van der Waals surface area contributed by atoms with Crippen LogP contribution in [0.2, 0.25) is 0 Å². The molecule has 1 aliphatic rings. The summed E-state index contributed by atoms with van der Waals surface area (Å²) in [5, 5.41) is 8.82. The van der Waals surface area contributed by atoms with E-state index in [9.17, 15) is 4.79 Å². The maximum Gasteiger partial charge on any atom is 0.323 e. The van der Waals surface area contributed by atoms with Crippen molar-refractivity contribution in [1.82, 2.24) is 9.55 Å². The second-order valence-corrected chi connectivity index (χ2v) is 4.10. The van der Waals surface area contributed by atoms with E-state index in [1.54, 1.807) is 16.7 Å². The van der Waals surface area contributed by atoms with Crippen LogP contribution in [0, 0.1) is 0 Å². The lowest BCUT2D eigenvalue weighted by molar-refractivity contribution is -0.137. The van der Waals surface area contributed by atoms with Crippen molar-refractivity contribution in [2.75, 3.05) is 13.2 Å². The molecule has 0 bridgehead atoms. The van der Waals surface area contributed by atoms with Crippen LogP contribution in [-0.2, 0) is 11.3 Å². The van der Waals surface area contributed by atoms with E-state index in [0.29, 0.717) is 30.2 Å². The monoisotopic (exact) mass is 248 g/mol. The number of benzene rings is 1. The van der Waals surface area contributed by atoms with E-state index < -0.39 is 5.97 Å². The quantitative estimate of drug-likeness (QED) is 0.866. The molecule has 2 aromatic rings. The molecule has 0 saturated heterocycles. The van der Waals surface area contributed by atoms with Gasteiger partial charge in [0.25, 0.3) is 0 Å². The van der Waals surface area contributed by atoms with Gasteiger partial charge in [-0.1, -0.05) is 0 Å². The smallest absolute Gasteiger partial charge is 0.323 e. The molecule has 1 N–H and O–H groups in total. The van der Waals surface area contributed by atoms with E-state index in [1.165, 1.54) is 6.33 Å². The van der Waals surface area contributed by atoms with Crippen LogP contribution < -0.4 is 9.47 Å². The van der Waals surface area contributed by atoms with Gasteiger partial charge in [-0.3, -0.25) is 4.79 Å². The highest BCUT2D eigenvalue weighted by molar-refractivity contribution is 5.81. The van der Waals surface area contributed by atoms with Crippen LogP contribution in [0.4, 0.5) is 0 Å². The molecule has 3 rings (SSSR count). The number of aromatic nitrogens is 2. The Morgan fingerprint density at radius 3 is 2.78 bits per heavy atom. The lowest BCUT2D eigenvalue weighted by Gasteiger charge is -2.07. The molecule has 0 saturated carbocycles. The van der Waals surface area contributed by atoms with Gasteiger partial charge in [-0.25, -0.2) is 4.98 Å². The number of fused-ring (bicyclic) bond motifs is 2. The van der Waals surface area contributed by atoms with Crippen molar-refractivity contribution in [2.24, 2.45) is 0 Å². The SMILES string of the molecule is O=C(O)Cn1cnc2cc3c(cc21)OCCCO3. The van der Waals surface area contributed by atoms with Gasteiger partial charge in [0, 0.05) is 18.6 Å². The summed E-state index contributed by atoms with van der Waals surface area (Å²) in [5.74, 6) is 0.411. The molecule has 0 aliphatic carbocycles. The fourth-order valence-corrected chi connectivity index (χ4v) is 1.99. The van der Waals surface area contributed by atoms with E-state index in [1.807, 2.05) is 0 Å². The highest BCUT2D eigenvalue weighted by atomic mass is 16.5. The van der Waals surface area contributed by atoms with Crippen LogP contribution in [0.3, 0.4) is 0 Å². The largest absolute Gasteiger partial charge is 0.489 e. The minimum absolute atomic E-state index is 0.115. The summed E-state index contributed by atoms with van der Waals surface area (Å²) in [5.41, 5.74) is 1.45. The molecule has 0 amide bonds. The molecule has 2 heterocycles. The van der Waals surface area contributed by atoms with Gasteiger partial charge in [0.05, 0.1) is 30.6 Å². The van der Waals surface area contributed by atoms with E-state index in [4.69, 9.17) is 14.6 Å². The molecule has 0 radical (unpaired) electrons. The standard InChI is InChI=1S/C12H12N2O4/c15-12(16)6-14-7-13-8-4-10-11(5-9(8)14)18-3-1-2-17-10/h4-5,7H,1-3,6H2,(H,15,16). The van der Waals surface area contributed by atoms with Gasteiger partial charge >= 0.3 is 5.97 Å². The van der Waals surface area contributed by atoms with Gasteiger partial charge in [0.2, 0.25) is 0 Å². The van der Waals surface area contributed by atoms with Crippen molar-refractivity contribution in [3.63, 3.8) is 0 Å². The van der Waals surface area contributed by atoms with Gasteiger partial charge in [-0.05, 0) is 0 Å². The molecule has 1 aromatic carbocycles. The maximum atomic E-state index is 10.7. The zero-order chi connectivity index (χ0) is 12.5. The molecule has 1 aromatic heterocycles. The Balaban J connectivity index is 2.09. The molecule has 0 spiro atoms. The molecule has 18 heavy (non-hydrogen) atoms. The topological polar surface area (TPSA) is 73.6 Å². The van der Waals surface area contributed by atoms with Gasteiger partial charge in [0.15, 0.2) is 11.5 Å². The van der Waals surface area contributed by atoms with Crippen LogP contribution >= 0.6 is 0 Å². The number of aliphatic carboxylic acids is 1. The fraction of sp³-hybridized carbons (Fsp3) is 0.333. The summed E-state index contributed by atoms with van der Waals surface area (Å²) >= 11 is 0. The van der Waals surface area contributed by atoms with Crippen LogP contribution in [-0.4, -0.2) is 33.8 Å². The van der Waals surface area contributed by atoms with Crippen LogP contribution in [0.25, 0.3) is 11.0 Å². The summed E-state index contributed by atoms with van der Waals surface area (Å²) in [6.45, 7) is 1.11. The third-order valence-electron chi connectivity index (χ3n) is 2.80. The zero-order valence-electron chi connectivity index (χ0n) is 9.63. The Morgan fingerprint density at radius 1 is 1.33 bits per heavy atom. The molecule has 6 nitrogen and oxygen atoms in total. The number of ether oxygens (including phenoxy) is 2. The first kappa shape index (κ1) is 10.9. The van der Waals surface area contributed by atoms with Crippen LogP contribution in [0.15, 0.2) is 18.5 Å². The number of rotatable bonds is 2. The minimum Gasteiger partial charge on any atom is -0.489 e.